The Bertz CT molecular complexity index is 870. The van der Waals surface area contributed by atoms with Crippen molar-refractivity contribution in [2.24, 2.45) is 5.92 Å². The minimum absolute atomic E-state index is 0.327. The van der Waals surface area contributed by atoms with Crippen LogP contribution in [0, 0.1) is 17.6 Å². The molecule has 0 saturated carbocycles. The lowest BCUT2D eigenvalue weighted by molar-refractivity contribution is -0.124. The van der Waals surface area contributed by atoms with E-state index in [9.17, 15) is 18.4 Å². The fourth-order valence-corrected chi connectivity index (χ4v) is 3.27. The molecule has 2 atom stereocenters. The Morgan fingerprint density at radius 2 is 1.57 bits per heavy atom. The second kappa shape index (κ2) is 9.34. The number of nitrogens with one attached hydrogen (secondary N) is 2. The predicted octanol–water partition coefficient (Wildman–Crippen LogP) is 4.90. The summed E-state index contributed by atoms with van der Waals surface area (Å²) in [5.41, 5.74) is -0.0804. The van der Waals surface area contributed by atoms with Gasteiger partial charge in [0.15, 0.2) is 0 Å². The topological polar surface area (TPSA) is 58.2 Å². The zero-order valence-electron chi connectivity index (χ0n) is 15.5. The maximum absolute atomic E-state index is 13.8. The summed E-state index contributed by atoms with van der Waals surface area (Å²) >= 11 is 12.0. The number of benzene rings is 2. The number of halogens is 4. The molecule has 0 fully saturated rings. The first-order chi connectivity index (χ1) is 13.1. The Morgan fingerprint density at radius 3 is 2.11 bits per heavy atom. The summed E-state index contributed by atoms with van der Waals surface area (Å²) in [5.74, 6) is -3.82. The quantitative estimate of drug-likeness (QED) is 0.686. The van der Waals surface area contributed by atoms with Crippen LogP contribution in [0.4, 0.5) is 8.78 Å². The molecule has 2 amide bonds. The Hall–Kier alpha value is -2.18. The van der Waals surface area contributed by atoms with E-state index in [0.717, 1.165) is 18.2 Å². The largest absolute Gasteiger partial charge is 0.348 e. The second-order valence-corrected chi connectivity index (χ2v) is 7.53. The van der Waals surface area contributed by atoms with Crippen molar-refractivity contribution >= 4 is 35.0 Å². The van der Waals surface area contributed by atoms with E-state index in [1.54, 1.807) is 39.0 Å². The highest BCUT2D eigenvalue weighted by molar-refractivity contribution is 6.35. The molecule has 2 rings (SSSR count). The second-order valence-electron chi connectivity index (χ2n) is 6.69. The van der Waals surface area contributed by atoms with Gasteiger partial charge in [0.25, 0.3) is 5.91 Å². The summed E-state index contributed by atoms with van der Waals surface area (Å²) in [5, 5.41) is 6.02. The van der Waals surface area contributed by atoms with Crippen LogP contribution in [0.1, 0.15) is 42.7 Å². The van der Waals surface area contributed by atoms with Crippen molar-refractivity contribution < 1.29 is 18.4 Å². The fourth-order valence-electron chi connectivity index (χ4n) is 2.70. The van der Waals surface area contributed by atoms with E-state index in [0.29, 0.717) is 15.6 Å². The van der Waals surface area contributed by atoms with Gasteiger partial charge in [0, 0.05) is 10.0 Å². The van der Waals surface area contributed by atoms with Gasteiger partial charge < -0.3 is 10.6 Å². The summed E-state index contributed by atoms with van der Waals surface area (Å²) in [6.07, 6.45) is 0. The van der Waals surface area contributed by atoms with E-state index in [1.165, 1.54) is 0 Å². The van der Waals surface area contributed by atoms with Crippen molar-refractivity contribution in [2.45, 2.75) is 32.9 Å². The predicted molar refractivity (Wildman–Crippen MR) is 105 cm³/mol. The molecule has 2 aromatic rings. The van der Waals surface area contributed by atoms with Gasteiger partial charge in [-0.1, -0.05) is 49.2 Å². The smallest absolute Gasteiger partial charge is 0.257 e. The van der Waals surface area contributed by atoms with Crippen molar-refractivity contribution in [3.8, 4) is 0 Å². The van der Waals surface area contributed by atoms with Gasteiger partial charge in [0.05, 0.1) is 6.04 Å². The van der Waals surface area contributed by atoms with Gasteiger partial charge >= 0.3 is 0 Å². The van der Waals surface area contributed by atoms with Gasteiger partial charge in [0.1, 0.15) is 23.2 Å². The van der Waals surface area contributed by atoms with Crippen LogP contribution in [0.25, 0.3) is 0 Å². The van der Waals surface area contributed by atoms with Crippen molar-refractivity contribution in [1.82, 2.24) is 10.6 Å². The zero-order chi connectivity index (χ0) is 21.0. The average Bonchev–Trinajstić information content (AvgIpc) is 2.58. The van der Waals surface area contributed by atoms with Gasteiger partial charge in [-0.15, -0.1) is 0 Å². The number of hydrogen-bond donors (Lipinski definition) is 2. The lowest BCUT2D eigenvalue weighted by Gasteiger charge is -2.24. The number of hydrogen-bond acceptors (Lipinski definition) is 2. The maximum atomic E-state index is 13.8. The van der Waals surface area contributed by atoms with Crippen LogP contribution >= 0.6 is 23.2 Å². The van der Waals surface area contributed by atoms with Crippen LogP contribution in [-0.4, -0.2) is 17.9 Å². The van der Waals surface area contributed by atoms with Gasteiger partial charge in [0.2, 0.25) is 5.91 Å². The number of rotatable bonds is 6. The molecule has 0 aromatic heterocycles. The summed E-state index contributed by atoms with van der Waals surface area (Å²) in [7, 11) is 0. The molecule has 0 saturated heterocycles. The molecule has 0 aliphatic rings. The van der Waals surface area contributed by atoms with E-state index < -0.39 is 41.1 Å². The van der Waals surface area contributed by atoms with Crippen LogP contribution in [0.2, 0.25) is 10.0 Å². The third-order valence-electron chi connectivity index (χ3n) is 4.21. The van der Waals surface area contributed by atoms with Crippen molar-refractivity contribution in [3.63, 3.8) is 0 Å². The first kappa shape index (κ1) is 22.1. The van der Waals surface area contributed by atoms with E-state index in [4.69, 9.17) is 23.2 Å². The summed E-state index contributed by atoms with van der Waals surface area (Å²) in [4.78, 5) is 25.0. The molecule has 2 N–H and O–H groups in total. The number of carbonyl (C=O) groups is 2. The molecular weight excluding hydrogens is 409 g/mol. The molecule has 2 aromatic carbocycles. The van der Waals surface area contributed by atoms with Gasteiger partial charge in [-0.3, -0.25) is 9.59 Å². The molecule has 4 nitrogen and oxygen atoms in total. The van der Waals surface area contributed by atoms with Gasteiger partial charge in [-0.05, 0) is 42.7 Å². The van der Waals surface area contributed by atoms with Crippen LogP contribution in [0.5, 0.6) is 0 Å². The van der Waals surface area contributed by atoms with Crippen LogP contribution < -0.4 is 10.6 Å². The van der Waals surface area contributed by atoms with Crippen LogP contribution in [0.15, 0.2) is 36.4 Å². The molecule has 0 spiro atoms. The molecule has 0 bridgehead atoms. The Morgan fingerprint density at radius 1 is 0.964 bits per heavy atom. The van der Waals surface area contributed by atoms with E-state index in [2.05, 4.69) is 10.6 Å². The Kier molecular flexibility index (Phi) is 7.38. The van der Waals surface area contributed by atoms with Crippen molar-refractivity contribution in [1.29, 1.82) is 0 Å². The molecule has 150 valence electrons. The molecule has 0 aliphatic carbocycles. The minimum atomic E-state index is -1.000. The van der Waals surface area contributed by atoms with E-state index >= 15 is 0 Å². The molecule has 0 unspecified atom stereocenters. The van der Waals surface area contributed by atoms with Crippen molar-refractivity contribution in [3.05, 3.63) is 69.2 Å². The molecule has 0 radical (unpaired) electrons. The van der Waals surface area contributed by atoms with Crippen LogP contribution in [-0.2, 0) is 4.79 Å². The summed E-state index contributed by atoms with van der Waals surface area (Å²) < 4.78 is 27.7. The highest BCUT2D eigenvalue weighted by Crippen LogP contribution is 2.26. The first-order valence-corrected chi connectivity index (χ1v) is 9.37. The summed E-state index contributed by atoms with van der Waals surface area (Å²) in [6, 6.07) is 6.54. The third-order valence-corrected chi connectivity index (χ3v) is 4.78. The Balaban J connectivity index is 2.17. The van der Waals surface area contributed by atoms with Crippen molar-refractivity contribution in [2.75, 3.05) is 0 Å². The minimum Gasteiger partial charge on any atom is -0.348 e. The lowest BCUT2D eigenvalue weighted by Crippen LogP contribution is -2.50. The zero-order valence-corrected chi connectivity index (χ0v) is 17.0. The SMILES string of the molecule is CC(C)[C@@H](NC(=O)c1c(F)cccc1F)C(=O)N[C@H](C)c1ccc(Cl)cc1Cl. The highest BCUT2D eigenvalue weighted by Gasteiger charge is 2.28. The fraction of sp³-hybridized carbons (Fsp3) is 0.300. The number of amides is 2. The molecule has 28 heavy (non-hydrogen) atoms. The molecule has 0 aliphatic heterocycles. The molecular formula is C20H20Cl2F2N2O2. The third kappa shape index (κ3) is 5.20. The van der Waals surface area contributed by atoms with Gasteiger partial charge in [-0.2, -0.15) is 0 Å². The Labute approximate surface area is 172 Å². The summed E-state index contributed by atoms with van der Waals surface area (Å²) in [6.45, 7) is 5.15. The normalized spacial score (nSPS) is 13.1. The monoisotopic (exact) mass is 428 g/mol. The highest BCUT2D eigenvalue weighted by atomic mass is 35.5. The maximum Gasteiger partial charge on any atom is 0.257 e. The molecule has 8 heteroatoms. The number of carbonyl (C=O) groups excluding carboxylic acids is 2. The van der Waals surface area contributed by atoms with Crippen LogP contribution in [0.3, 0.4) is 0 Å². The average molecular weight is 429 g/mol. The van der Waals surface area contributed by atoms with E-state index in [1.807, 2.05) is 0 Å². The lowest BCUT2D eigenvalue weighted by atomic mass is 10.0. The first-order valence-electron chi connectivity index (χ1n) is 8.62. The van der Waals surface area contributed by atoms with Gasteiger partial charge in [-0.25, -0.2) is 8.78 Å². The molecule has 0 heterocycles. The van der Waals surface area contributed by atoms with E-state index in [-0.39, 0.29) is 5.92 Å². The standard InChI is InChI=1S/C20H20Cl2F2N2O2/c1-10(2)18(26-19(27)17-15(23)5-4-6-16(17)24)20(28)25-11(3)13-8-7-12(21)9-14(13)22/h4-11,18H,1-3H3,(H,25,28)(H,26,27)/t11-,18-/m1/s1.